The van der Waals surface area contributed by atoms with Crippen molar-refractivity contribution in [3.63, 3.8) is 0 Å². The van der Waals surface area contributed by atoms with Gasteiger partial charge in [-0.05, 0) is 39.7 Å². The summed E-state index contributed by atoms with van der Waals surface area (Å²) in [6.07, 6.45) is 5.26. The van der Waals surface area contributed by atoms with E-state index in [1.165, 1.54) is 6.20 Å². The third kappa shape index (κ3) is 4.48. The number of nitro groups is 1. The number of hydrogen-bond acceptors (Lipinski definition) is 7. The molecule has 156 valence electrons. The van der Waals surface area contributed by atoms with Crippen LogP contribution in [-0.2, 0) is 6.54 Å². The first-order chi connectivity index (χ1) is 13.8. The van der Waals surface area contributed by atoms with Gasteiger partial charge in [0.1, 0.15) is 17.8 Å². The van der Waals surface area contributed by atoms with Gasteiger partial charge in [0, 0.05) is 55.6 Å². The molecule has 0 bridgehead atoms. The maximum absolute atomic E-state index is 11.0. The van der Waals surface area contributed by atoms with Crippen molar-refractivity contribution in [1.29, 1.82) is 0 Å². The van der Waals surface area contributed by atoms with Crippen molar-refractivity contribution in [2.24, 2.45) is 0 Å². The largest absolute Gasteiger partial charge is 0.496 e. The minimum atomic E-state index is -0.388. The van der Waals surface area contributed by atoms with Gasteiger partial charge in [0.2, 0.25) is 0 Å². The fourth-order valence-electron chi connectivity index (χ4n) is 4.01. The molecule has 8 nitrogen and oxygen atoms in total. The summed E-state index contributed by atoms with van der Waals surface area (Å²) in [5.74, 6) is 1.71. The molecular weight excluding hydrogens is 370 g/mol. The maximum atomic E-state index is 11.0. The van der Waals surface area contributed by atoms with Crippen molar-refractivity contribution in [1.82, 2.24) is 14.9 Å². The quantitative estimate of drug-likeness (QED) is 0.543. The topological polar surface area (TPSA) is 84.6 Å². The lowest BCUT2D eigenvalue weighted by molar-refractivity contribution is -0.385. The monoisotopic (exact) mass is 399 g/mol. The highest BCUT2D eigenvalue weighted by Gasteiger charge is 2.25. The summed E-state index contributed by atoms with van der Waals surface area (Å²) in [5, 5.41) is 11.0. The molecule has 0 atom stereocenters. The van der Waals surface area contributed by atoms with Crippen molar-refractivity contribution in [2.75, 3.05) is 32.1 Å². The number of ether oxygens (including phenoxy) is 1. The van der Waals surface area contributed by atoms with Gasteiger partial charge in [0.25, 0.3) is 5.69 Å². The Morgan fingerprint density at radius 2 is 1.90 bits per heavy atom. The molecule has 3 heterocycles. The van der Waals surface area contributed by atoms with E-state index in [0.717, 1.165) is 60.9 Å². The smallest absolute Gasteiger partial charge is 0.290 e. The van der Waals surface area contributed by atoms with Crippen LogP contribution in [0.5, 0.6) is 5.75 Å². The van der Waals surface area contributed by atoms with Crippen LogP contribution in [0.1, 0.15) is 35.2 Å². The first-order valence-electron chi connectivity index (χ1n) is 9.87. The molecule has 0 saturated carbocycles. The fourth-order valence-corrected chi connectivity index (χ4v) is 4.01. The van der Waals surface area contributed by atoms with Crippen LogP contribution in [-0.4, -0.2) is 53.1 Å². The molecule has 1 aliphatic heterocycles. The Morgan fingerprint density at radius 3 is 2.48 bits per heavy atom. The lowest BCUT2D eigenvalue weighted by Crippen LogP contribution is -2.43. The van der Waals surface area contributed by atoms with Gasteiger partial charge in [0.05, 0.1) is 17.7 Å². The Labute approximate surface area is 171 Å². The molecule has 1 saturated heterocycles. The minimum absolute atomic E-state index is 0.0633. The molecule has 0 unspecified atom stereocenters. The summed E-state index contributed by atoms with van der Waals surface area (Å²) in [4.78, 5) is 24.1. The number of piperidine rings is 1. The summed E-state index contributed by atoms with van der Waals surface area (Å²) in [6.45, 7) is 8.59. The number of nitrogens with zero attached hydrogens (tertiary/aromatic N) is 5. The van der Waals surface area contributed by atoms with Crippen molar-refractivity contribution in [2.45, 2.75) is 46.2 Å². The average Bonchev–Trinajstić information content (AvgIpc) is 2.70. The highest BCUT2D eigenvalue weighted by molar-refractivity contribution is 5.49. The Bertz CT molecular complexity index is 894. The van der Waals surface area contributed by atoms with E-state index in [1.54, 1.807) is 20.1 Å². The summed E-state index contributed by atoms with van der Waals surface area (Å²) >= 11 is 0. The van der Waals surface area contributed by atoms with Crippen LogP contribution in [0.3, 0.4) is 0 Å². The van der Waals surface area contributed by atoms with E-state index >= 15 is 0 Å². The van der Waals surface area contributed by atoms with Gasteiger partial charge < -0.3 is 9.64 Å². The van der Waals surface area contributed by atoms with Gasteiger partial charge in [-0.1, -0.05) is 0 Å². The summed E-state index contributed by atoms with van der Waals surface area (Å²) in [5.41, 5.74) is 3.93. The minimum Gasteiger partial charge on any atom is -0.496 e. The van der Waals surface area contributed by atoms with Crippen molar-refractivity contribution in [3.8, 4) is 5.75 Å². The predicted octanol–water partition coefficient (Wildman–Crippen LogP) is 3.42. The summed E-state index contributed by atoms with van der Waals surface area (Å²) in [6, 6.07) is 2.16. The highest BCUT2D eigenvalue weighted by atomic mass is 16.6. The van der Waals surface area contributed by atoms with E-state index in [1.807, 2.05) is 20.2 Å². The number of pyridine rings is 2. The fraction of sp³-hybridized carbons (Fsp3) is 0.524. The number of methoxy groups -OCH3 is 1. The van der Waals surface area contributed by atoms with Crippen LogP contribution < -0.4 is 9.64 Å². The third-order valence-electron chi connectivity index (χ3n) is 5.85. The van der Waals surface area contributed by atoms with Crippen molar-refractivity contribution < 1.29 is 9.66 Å². The molecule has 2 aromatic heterocycles. The normalized spacial score (nSPS) is 15.3. The zero-order chi connectivity index (χ0) is 21.1. The average molecular weight is 399 g/mol. The highest BCUT2D eigenvalue weighted by Crippen LogP contribution is 2.27. The molecule has 1 fully saturated rings. The molecule has 0 aromatic carbocycles. The van der Waals surface area contributed by atoms with Crippen LogP contribution in [0.15, 0.2) is 18.5 Å². The van der Waals surface area contributed by atoms with Gasteiger partial charge in [0.15, 0.2) is 0 Å². The lowest BCUT2D eigenvalue weighted by atomic mass is 10.0. The molecule has 2 aromatic rings. The first kappa shape index (κ1) is 21.0. The first-order valence-corrected chi connectivity index (χ1v) is 9.87. The van der Waals surface area contributed by atoms with Gasteiger partial charge in [-0.3, -0.25) is 20.0 Å². The molecule has 0 N–H and O–H groups in total. The Balaban J connectivity index is 1.62. The molecule has 0 radical (unpaired) electrons. The standard InChI is InChI=1S/C21H29N5O3/c1-14-10-20(23-12-19(14)26(27)28)24(4)17-6-8-25(9-7-17)13-18-16(3)21(29-5)15(2)11-22-18/h10-12,17H,6-9,13H2,1-5H3. The number of hydrogen-bond donors (Lipinski definition) is 0. The van der Waals surface area contributed by atoms with E-state index in [0.29, 0.717) is 11.6 Å². The molecular formula is C21H29N5O3. The Hall–Kier alpha value is -2.74. The van der Waals surface area contributed by atoms with Crippen molar-refractivity contribution in [3.05, 3.63) is 51.0 Å². The van der Waals surface area contributed by atoms with Gasteiger partial charge in [-0.2, -0.15) is 0 Å². The van der Waals surface area contributed by atoms with Crippen LogP contribution in [0.4, 0.5) is 11.5 Å². The van der Waals surface area contributed by atoms with Crippen LogP contribution in [0.2, 0.25) is 0 Å². The second-order valence-electron chi connectivity index (χ2n) is 7.75. The van der Waals surface area contributed by atoms with E-state index in [-0.39, 0.29) is 10.6 Å². The van der Waals surface area contributed by atoms with E-state index < -0.39 is 0 Å². The van der Waals surface area contributed by atoms with Crippen LogP contribution >= 0.6 is 0 Å². The van der Waals surface area contributed by atoms with Gasteiger partial charge in [-0.15, -0.1) is 0 Å². The second-order valence-corrected chi connectivity index (χ2v) is 7.75. The van der Waals surface area contributed by atoms with E-state index in [4.69, 9.17) is 4.74 Å². The molecule has 1 aliphatic rings. The second kappa shape index (κ2) is 8.73. The maximum Gasteiger partial charge on any atom is 0.290 e. The number of likely N-dealkylation sites (tertiary alicyclic amines) is 1. The van der Waals surface area contributed by atoms with Gasteiger partial charge >= 0.3 is 0 Å². The summed E-state index contributed by atoms with van der Waals surface area (Å²) in [7, 11) is 3.72. The predicted molar refractivity (Wildman–Crippen MR) is 113 cm³/mol. The molecule has 0 amide bonds. The van der Waals surface area contributed by atoms with E-state index in [9.17, 15) is 10.1 Å². The summed E-state index contributed by atoms with van der Waals surface area (Å²) < 4.78 is 5.52. The van der Waals surface area contributed by atoms with Crippen molar-refractivity contribution >= 4 is 11.5 Å². The number of rotatable bonds is 6. The lowest BCUT2D eigenvalue weighted by Gasteiger charge is -2.37. The van der Waals surface area contributed by atoms with E-state index in [2.05, 4.69) is 26.7 Å². The Kier molecular flexibility index (Phi) is 6.32. The van der Waals surface area contributed by atoms with Crippen LogP contribution in [0, 0.1) is 30.9 Å². The van der Waals surface area contributed by atoms with Gasteiger partial charge in [-0.25, -0.2) is 4.98 Å². The molecule has 3 rings (SSSR count). The Morgan fingerprint density at radius 1 is 1.21 bits per heavy atom. The number of aryl methyl sites for hydroxylation is 2. The number of aromatic nitrogens is 2. The SMILES string of the molecule is COc1c(C)cnc(CN2CCC(N(C)c3cc(C)c([N+](=O)[O-])cn3)CC2)c1C. The third-order valence-corrected chi connectivity index (χ3v) is 5.85. The zero-order valence-electron chi connectivity index (χ0n) is 17.8. The molecule has 29 heavy (non-hydrogen) atoms. The molecule has 0 spiro atoms. The van der Waals surface area contributed by atoms with Crippen LogP contribution in [0.25, 0.3) is 0 Å². The molecule has 8 heteroatoms. The zero-order valence-corrected chi connectivity index (χ0v) is 17.8. The number of anilines is 1. The molecule has 0 aliphatic carbocycles.